The van der Waals surface area contributed by atoms with Crippen molar-refractivity contribution in [2.75, 3.05) is 6.54 Å². The highest BCUT2D eigenvalue weighted by Gasteiger charge is 2.28. The molecule has 1 aromatic rings. The SMILES string of the molecule is CCCCCN(C(=O)OC(C)(C)C)[C@H](C=O)c1ccccc1. The van der Waals surface area contributed by atoms with Crippen molar-refractivity contribution in [1.29, 1.82) is 0 Å². The van der Waals surface area contributed by atoms with Gasteiger partial charge in [0.05, 0.1) is 0 Å². The number of carbonyl (C=O) groups excluding carboxylic acids is 2. The Hall–Kier alpha value is -1.84. The van der Waals surface area contributed by atoms with Crippen LogP contribution in [0.15, 0.2) is 30.3 Å². The molecule has 1 atom stereocenters. The highest BCUT2D eigenvalue weighted by molar-refractivity contribution is 5.75. The number of benzene rings is 1. The lowest BCUT2D eigenvalue weighted by Crippen LogP contribution is -2.40. The summed E-state index contributed by atoms with van der Waals surface area (Å²) in [7, 11) is 0. The van der Waals surface area contributed by atoms with Crippen molar-refractivity contribution in [2.24, 2.45) is 0 Å². The Morgan fingerprint density at radius 1 is 1.23 bits per heavy atom. The molecular weight excluding hydrogens is 278 g/mol. The van der Waals surface area contributed by atoms with Gasteiger partial charge in [-0.2, -0.15) is 0 Å². The van der Waals surface area contributed by atoms with E-state index in [1.54, 1.807) is 0 Å². The second kappa shape index (κ2) is 8.57. The third-order valence-corrected chi connectivity index (χ3v) is 3.24. The Morgan fingerprint density at radius 2 is 1.86 bits per heavy atom. The van der Waals surface area contributed by atoms with Crippen LogP contribution in [0.2, 0.25) is 0 Å². The summed E-state index contributed by atoms with van der Waals surface area (Å²) in [4.78, 5) is 25.6. The molecule has 4 nitrogen and oxygen atoms in total. The molecule has 1 amide bonds. The van der Waals surface area contributed by atoms with Crippen molar-refractivity contribution < 1.29 is 14.3 Å². The number of amides is 1. The van der Waals surface area contributed by atoms with E-state index in [1.807, 2.05) is 51.1 Å². The zero-order chi connectivity index (χ0) is 16.6. The molecule has 0 fully saturated rings. The quantitative estimate of drug-likeness (QED) is 0.555. The monoisotopic (exact) mass is 305 g/mol. The first-order chi connectivity index (χ1) is 10.4. The molecule has 0 aliphatic carbocycles. The smallest absolute Gasteiger partial charge is 0.411 e. The Morgan fingerprint density at radius 3 is 2.36 bits per heavy atom. The van der Waals surface area contributed by atoms with Crippen LogP contribution < -0.4 is 0 Å². The first-order valence-electron chi connectivity index (χ1n) is 7.89. The summed E-state index contributed by atoms with van der Waals surface area (Å²) in [6.07, 6.45) is 3.29. The van der Waals surface area contributed by atoms with E-state index in [0.717, 1.165) is 31.1 Å². The summed E-state index contributed by atoms with van der Waals surface area (Å²) < 4.78 is 5.46. The summed E-state index contributed by atoms with van der Waals surface area (Å²) in [5.74, 6) is 0. The van der Waals surface area contributed by atoms with Gasteiger partial charge in [0.15, 0.2) is 0 Å². The summed E-state index contributed by atoms with van der Waals surface area (Å²) in [5, 5.41) is 0. The average Bonchev–Trinajstić information content (AvgIpc) is 2.46. The van der Waals surface area contributed by atoms with Gasteiger partial charge in [0, 0.05) is 6.54 Å². The largest absolute Gasteiger partial charge is 0.444 e. The molecular formula is C18H27NO3. The molecule has 122 valence electrons. The van der Waals surface area contributed by atoms with E-state index < -0.39 is 17.7 Å². The molecule has 0 aliphatic heterocycles. The number of hydrogen-bond acceptors (Lipinski definition) is 3. The van der Waals surface area contributed by atoms with Gasteiger partial charge in [0.2, 0.25) is 0 Å². The predicted octanol–water partition coefficient (Wildman–Crippen LogP) is 4.35. The fraction of sp³-hybridized carbons (Fsp3) is 0.556. The third-order valence-electron chi connectivity index (χ3n) is 3.24. The van der Waals surface area contributed by atoms with Crippen LogP contribution in [0.5, 0.6) is 0 Å². The fourth-order valence-corrected chi connectivity index (χ4v) is 2.18. The molecule has 0 N–H and O–H groups in total. The van der Waals surface area contributed by atoms with Gasteiger partial charge in [0.1, 0.15) is 17.9 Å². The van der Waals surface area contributed by atoms with Gasteiger partial charge in [-0.05, 0) is 32.8 Å². The molecule has 22 heavy (non-hydrogen) atoms. The molecule has 0 radical (unpaired) electrons. The number of rotatable bonds is 7. The number of hydrogen-bond donors (Lipinski definition) is 0. The van der Waals surface area contributed by atoms with Crippen molar-refractivity contribution in [2.45, 2.75) is 58.6 Å². The van der Waals surface area contributed by atoms with E-state index in [4.69, 9.17) is 4.74 Å². The molecule has 0 unspecified atom stereocenters. The van der Waals surface area contributed by atoms with Crippen LogP contribution in [0.4, 0.5) is 4.79 Å². The topological polar surface area (TPSA) is 46.6 Å². The fourth-order valence-electron chi connectivity index (χ4n) is 2.18. The maximum atomic E-state index is 12.5. The Balaban J connectivity index is 2.96. The lowest BCUT2D eigenvalue weighted by Gasteiger charge is -2.31. The van der Waals surface area contributed by atoms with E-state index in [2.05, 4.69) is 6.92 Å². The van der Waals surface area contributed by atoms with Gasteiger partial charge in [0.25, 0.3) is 0 Å². The van der Waals surface area contributed by atoms with Gasteiger partial charge in [-0.3, -0.25) is 4.90 Å². The van der Waals surface area contributed by atoms with Crippen molar-refractivity contribution in [1.82, 2.24) is 4.90 Å². The van der Waals surface area contributed by atoms with E-state index in [-0.39, 0.29) is 0 Å². The van der Waals surface area contributed by atoms with Crippen LogP contribution >= 0.6 is 0 Å². The van der Waals surface area contributed by atoms with Crippen LogP contribution in [-0.4, -0.2) is 29.4 Å². The molecule has 0 bridgehead atoms. The molecule has 0 aromatic heterocycles. The summed E-state index contributed by atoms with van der Waals surface area (Å²) in [6, 6.07) is 8.73. The molecule has 4 heteroatoms. The predicted molar refractivity (Wildman–Crippen MR) is 87.7 cm³/mol. The zero-order valence-electron chi connectivity index (χ0n) is 14.0. The normalized spacial score (nSPS) is 12.5. The third kappa shape index (κ3) is 5.88. The van der Waals surface area contributed by atoms with Crippen LogP contribution in [-0.2, 0) is 9.53 Å². The van der Waals surface area contributed by atoms with Gasteiger partial charge < -0.3 is 9.53 Å². The summed E-state index contributed by atoms with van der Waals surface area (Å²) in [5.41, 5.74) is 0.226. The molecule has 1 rings (SSSR count). The van der Waals surface area contributed by atoms with Crippen molar-refractivity contribution >= 4 is 12.4 Å². The zero-order valence-corrected chi connectivity index (χ0v) is 14.0. The van der Waals surface area contributed by atoms with E-state index >= 15 is 0 Å². The van der Waals surface area contributed by atoms with E-state index in [0.29, 0.717) is 6.54 Å². The second-order valence-corrected chi connectivity index (χ2v) is 6.37. The van der Waals surface area contributed by atoms with Crippen LogP contribution in [0.3, 0.4) is 0 Å². The van der Waals surface area contributed by atoms with Crippen LogP contribution in [0, 0.1) is 0 Å². The van der Waals surface area contributed by atoms with Gasteiger partial charge in [-0.1, -0.05) is 50.1 Å². The van der Waals surface area contributed by atoms with Crippen LogP contribution in [0.1, 0.15) is 58.6 Å². The minimum Gasteiger partial charge on any atom is -0.444 e. The molecule has 0 aliphatic rings. The number of aldehydes is 1. The molecule has 0 spiro atoms. The Kier molecular flexibility index (Phi) is 7.09. The highest BCUT2D eigenvalue weighted by atomic mass is 16.6. The first kappa shape index (κ1) is 18.2. The van der Waals surface area contributed by atoms with Crippen molar-refractivity contribution in [3.05, 3.63) is 35.9 Å². The molecule has 0 saturated carbocycles. The number of unbranched alkanes of at least 4 members (excludes halogenated alkanes) is 2. The standard InChI is InChI=1S/C18H27NO3/c1-5-6-10-13-19(17(21)22-18(2,3)4)16(14-20)15-11-8-7-9-12-15/h7-9,11-12,14,16H,5-6,10,13H2,1-4H3/t16-/m1/s1. The van der Waals surface area contributed by atoms with Crippen molar-refractivity contribution in [3.8, 4) is 0 Å². The summed E-state index contributed by atoms with van der Waals surface area (Å²) >= 11 is 0. The maximum absolute atomic E-state index is 12.5. The molecule has 1 aromatic carbocycles. The highest BCUT2D eigenvalue weighted by Crippen LogP contribution is 2.22. The van der Waals surface area contributed by atoms with E-state index in [9.17, 15) is 9.59 Å². The van der Waals surface area contributed by atoms with Crippen molar-refractivity contribution in [3.63, 3.8) is 0 Å². The average molecular weight is 305 g/mol. The van der Waals surface area contributed by atoms with Gasteiger partial charge in [-0.25, -0.2) is 4.79 Å². The lowest BCUT2D eigenvalue weighted by molar-refractivity contribution is -0.112. The molecule has 0 saturated heterocycles. The van der Waals surface area contributed by atoms with Gasteiger partial charge in [-0.15, -0.1) is 0 Å². The lowest BCUT2D eigenvalue weighted by atomic mass is 10.1. The number of nitrogens with zero attached hydrogens (tertiary/aromatic N) is 1. The number of carbonyl (C=O) groups is 2. The minimum atomic E-state index is -0.604. The van der Waals surface area contributed by atoms with Crippen LogP contribution in [0.25, 0.3) is 0 Å². The Bertz CT molecular complexity index is 465. The van der Waals surface area contributed by atoms with Gasteiger partial charge >= 0.3 is 6.09 Å². The Labute approximate surface area is 133 Å². The number of ether oxygens (including phenoxy) is 1. The molecule has 0 heterocycles. The second-order valence-electron chi connectivity index (χ2n) is 6.37. The summed E-state index contributed by atoms with van der Waals surface area (Å²) in [6.45, 7) is 8.10. The first-order valence-corrected chi connectivity index (χ1v) is 7.89. The maximum Gasteiger partial charge on any atom is 0.411 e. The minimum absolute atomic E-state index is 0.440. The van der Waals surface area contributed by atoms with E-state index in [1.165, 1.54) is 4.90 Å².